The molecule has 1 aromatic carbocycles. The second-order valence-electron chi connectivity index (χ2n) is 6.60. The van der Waals surface area contributed by atoms with Gasteiger partial charge in [-0.05, 0) is 41.8 Å². The predicted molar refractivity (Wildman–Crippen MR) is 96.0 cm³/mol. The van der Waals surface area contributed by atoms with Crippen molar-refractivity contribution in [2.45, 2.75) is 32.5 Å². The molecule has 5 nitrogen and oxygen atoms in total. The zero-order chi connectivity index (χ0) is 17.4. The molecule has 25 heavy (non-hydrogen) atoms. The fourth-order valence-electron chi connectivity index (χ4n) is 3.60. The number of nitriles is 1. The zero-order valence-electron chi connectivity index (χ0n) is 14.2. The Bertz CT molecular complexity index is 966. The summed E-state index contributed by atoms with van der Waals surface area (Å²) in [4.78, 5) is 4.64. The largest absolute Gasteiger partial charge is 0.387 e. The van der Waals surface area contributed by atoms with Crippen molar-refractivity contribution >= 4 is 11.0 Å². The van der Waals surface area contributed by atoms with Crippen LogP contribution in [0.4, 0.5) is 0 Å². The fraction of sp³-hybridized carbons (Fsp3) is 0.300. The van der Waals surface area contributed by atoms with Gasteiger partial charge in [0, 0.05) is 36.8 Å². The van der Waals surface area contributed by atoms with Gasteiger partial charge in [0.05, 0.1) is 24.3 Å². The van der Waals surface area contributed by atoms with E-state index in [1.165, 1.54) is 16.6 Å². The number of hydrogen-bond acceptors (Lipinski definition) is 4. The summed E-state index contributed by atoms with van der Waals surface area (Å²) in [5, 5.41) is 24.2. The van der Waals surface area contributed by atoms with Crippen LogP contribution in [0.1, 0.15) is 34.1 Å². The SMILES string of the molecule is Cc1cnc2c(c1)c1c(n2CC(O)c2ccc(C#N)cc2)CCNC1. The molecule has 0 saturated carbocycles. The number of aryl methyl sites for hydroxylation is 1. The van der Waals surface area contributed by atoms with Crippen molar-refractivity contribution in [3.05, 3.63) is 64.5 Å². The lowest BCUT2D eigenvalue weighted by molar-refractivity contribution is 0.156. The Hall–Kier alpha value is -2.68. The molecule has 1 unspecified atom stereocenters. The Balaban J connectivity index is 1.74. The molecule has 0 aliphatic carbocycles. The normalized spacial score (nSPS) is 14.9. The van der Waals surface area contributed by atoms with Crippen LogP contribution in [0.5, 0.6) is 0 Å². The van der Waals surface area contributed by atoms with E-state index in [1.54, 1.807) is 12.1 Å². The van der Waals surface area contributed by atoms with Gasteiger partial charge in [0.2, 0.25) is 0 Å². The van der Waals surface area contributed by atoms with E-state index < -0.39 is 6.10 Å². The van der Waals surface area contributed by atoms with Crippen LogP contribution >= 0.6 is 0 Å². The Labute approximate surface area is 146 Å². The number of nitrogens with zero attached hydrogens (tertiary/aromatic N) is 3. The highest BCUT2D eigenvalue weighted by molar-refractivity contribution is 5.83. The Kier molecular flexibility index (Phi) is 4.00. The van der Waals surface area contributed by atoms with Crippen LogP contribution in [0.15, 0.2) is 36.5 Å². The van der Waals surface area contributed by atoms with Crippen molar-refractivity contribution < 1.29 is 5.11 Å². The molecule has 2 aromatic heterocycles. The van der Waals surface area contributed by atoms with Crippen LogP contribution in [-0.4, -0.2) is 21.2 Å². The minimum absolute atomic E-state index is 0.466. The number of benzene rings is 1. The molecule has 3 aromatic rings. The molecule has 0 radical (unpaired) electrons. The highest BCUT2D eigenvalue weighted by atomic mass is 16.3. The zero-order valence-corrected chi connectivity index (χ0v) is 14.2. The first-order chi connectivity index (χ1) is 12.2. The molecule has 0 spiro atoms. The molecule has 0 fully saturated rings. The van der Waals surface area contributed by atoms with Gasteiger partial charge in [0.1, 0.15) is 5.65 Å². The summed E-state index contributed by atoms with van der Waals surface area (Å²) < 4.78 is 2.16. The van der Waals surface area contributed by atoms with Crippen molar-refractivity contribution in [3.8, 4) is 6.07 Å². The van der Waals surface area contributed by atoms with Crippen LogP contribution < -0.4 is 5.32 Å². The molecule has 1 aliphatic rings. The number of pyridine rings is 1. The van der Waals surface area contributed by atoms with Gasteiger partial charge in [-0.3, -0.25) is 0 Å². The molecule has 126 valence electrons. The summed E-state index contributed by atoms with van der Waals surface area (Å²) in [6.45, 7) is 4.30. The van der Waals surface area contributed by atoms with Gasteiger partial charge in [-0.1, -0.05) is 12.1 Å². The number of aliphatic hydroxyl groups is 1. The van der Waals surface area contributed by atoms with Gasteiger partial charge < -0.3 is 15.0 Å². The van der Waals surface area contributed by atoms with Gasteiger partial charge in [-0.2, -0.15) is 5.26 Å². The predicted octanol–water partition coefficient (Wildman–Crippen LogP) is 2.60. The summed E-state index contributed by atoms with van der Waals surface area (Å²) in [6.07, 6.45) is 2.18. The molecule has 4 rings (SSSR count). The van der Waals surface area contributed by atoms with Crippen LogP contribution in [-0.2, 0) is 19.5 Å². The van der Waals surface area contributed by atoms with Crippen molar-refractivity contribution in [2.24, 2.45) is 0 Å². The van der Waals surface area contributed by atoms with Crippen molar-refractivity contribution in [1.29, 1.82) is 5.26 Å². The molecular weight excluding hydrogens is 312 g/mol. The molecule has 5 heteroatoms. The van der Waals surface area contributed by atoms with Gasteiger partial charge in [-0.25, -0.2) is 4.98 Å². The van der Waals surface area contributed by atoms with Crippen LogP contribution in [0.3, 0.4) is 0 Å². The van der Waals surface area contributed by atoms with Crippen LogP contribution in [0.25, 0.3) is 11.0 Å². The second kappa shape index (κ2) is 6.32. The highest BCUT2D eigenvalue weighted by Crippen LogP contribution is 2.30. The topological polar surface area (TPSA) is 73.9 Å². The summed E-state index contributed by atoms with van der Waals surface area (Å²) in [6, 6.07) is 11.4. The molecule has 1 aliphatic heterocycles. The van der Waals surface area contributed by atoms with E-state index in [-0.39, 0.29) is 0 Å². The fourth-order valence-corrected chi connectivity index (χ4v) is 3.60. The van der Waals surface area contributed by atoms with E-state index in [0.717, 1.165) is 36.3 Å². The third-order valence-electron chi connectivity index (χ3n) is 4.88. The summed E-state index contributed by atoms with van der Waals surface area (Å²) >= 11 is 0. The summed E-state index contributed by atoms with van der Waals surface area (Å²) in [5.41, 5.74) is 6.06. The number of aliphatic hydroxyl groups excluding tert-OH is 1. The molecule has 1 atom stereocenters. The number of nitrogens with one attached hydrogen (secondary N) is 1. The van der Waals surface area contributed by atoms with E-state index in [0.29, 0.717) is 12.1 Å². The Morgan fingerprint density at radius 1 is 1.36 bits per heavy atom. The van der Waals surface area contributed by atoms with Crippen LogP contribution in [0, 0.1) is 18.3 Å². The van der Waals surface area contributed by atoms with Gasteiger partial charge in [0.25, 0.3) is 0 Å². The lowest BCUT2D eigenvalue weighted by Crippen LogP contribution is -2.25. The third kappa shape index (κ3) is 2.80. The molecule has 0 amide bonds. The van der Waals surface area contributed by atoms with Gasteiger partial charge in [-0.15, -0.1) is 0 Å². The van der Waals surface area contributed by atoms with E-state index in [9.17, 15) is 5.11 Å². The van der Waals surface area contributed by atoms with E-state index >= 15 is 0 Å². The lowest BCUT2D eigenvalue weighted by atomic mass is 10.1. The Morgan fingerprint density at radius 3 is 2.92 bits per heavy atom. The molecule has 2 N–H and O–H groups in total. The molecular formula is C20H20N4O. The number of fused-ring (bicyclic) bond motifs is 3. The summed E-state index contributed by atoms with van der Waals surface area (Å²) in [7, 11) is 0. The first-order valence-electron chi connectivity index (χ1n) is 8.53. The van der Waals surface area contributed by atoms with Gasteiger partial charge >= 0.3 is 0 Å². The highest BCUT2D eigenvalue weighted by Gasteiger charge is 2.22. The Morgan fingerprint density at radius 2 is 2.16 bits per heavy atom. The third-order valence-corrected chi connectivity index (χ3v) is 4.88. The van der Waals surface area contributed by atoms with Gasteiger partial charge in [0.15, 0.2) is 0 Å². The van der Waals surface area contributed by atoms with E-state index in [1.807, 2.05) is 18.3 Å². The first-order valence-corrected chi connectivity index (χ1v) is 8.53. The monoisotopic (exact) mass is 332 g/mol. The quantitative estimate of drug-likeness (QED) is 0.773. The van der Waals surface area contributed by atoms with Crippen molar-refractivity contribution in [3.63, 3.8) is 0 Å². The van der Waals surface area contributed by atoms with Crippen molar-refractivity contribution in [2.75, 3.05) is 6.54 Å². The smallest absolute Gasteiger partial charge is 0.140 e. The van der Waals surface area contributed by atoms with Crippen LogP contribution in [0.2, 0.25) is 0 Å². The van der Waals surface area contributed by atoms with Crippen molar-refractivity contribution in [1.82, 2.24) is 14.9 Å². The van der Waals surface area contributed by atoms with E-state index in [4.69, 9.17) is 5.26 Å². The lowest BCUT2D eigenvalue weighted by Gasteiger charge is -2.19. The standard InChI is InChI=1S/C20H20N4O/c1-13-8-16-17-11-22-7-6-18(17)24(20(16)23-10-13)12-19(25)15-4-2-14(9-21)3-5-15/h2-5,8,10,19,22,25H,6-7,11-12H2,1H3. The maximum Gasteiger partial charge on any atom is 0.140 e. The first kappa shape index (κ1) is 15.8. The molecule has 0 bridgehead atoms. The average molecular weight is 332 g/mol. The molecule has 3 heterocycles. The maximum absolute atomic E-state index is 10.7. The number of hydrogen-bond donors (Lipinski definition) is 2. The summed E-state index contributed by atoms with van der Waals surface area (Å²) in [5.74, 6) is 0. The average Bonchev–Trinajstić information content (AvgIpc) is 2.95. The minimum Gasteiger partial charge on any atom is -0.387 e. The maximum atomic E-state index is 10.7. The minimum atomic E-state index is -0.634. The molecule has 0 saturated heterocycles. The number of rotatable bonds is 3. The second-order valence-corrected chi connectivity index (χ2v) is 6.60. The van der Waals surface area contributed by atoms with E-state index in [2.05, 4.69) is 33.9 Å². The number of aromatic nitrogens is 2.